The zero-order valence-electron chi connectivity index (χ0n) is 14.6. The van der Waals surface area contributed by atoms with Crippen LogP contribution in [0, 0.1) is 6.92 Å². The van der Waals surface area contributed by atoms with Crippen LogP contribution in [0.4, 0.5) is 5.82 Å². The van der Waals surface area contributed by atoms with Crippen molar-refractivity contribution in [2.45, 2.75) is 39.8 Å². The molecule has 0 aliphatic carbocycles. The molecular formula is C16H25N7O. The molecule has 0 atom stereocenters. The maximum absolute atomic E-state index is 5.50. The van der Waals surface area contributed by atoms with Gasteiger partial charge in [-0.05, 0) is 6.92 Å². The summed E-state index contributed by atoms with van der Waals surface area (Å²) in [6.07, 6.45) is 0. The Bertz CT molecular complexity index is 677. The summed E-state index contributed by atoms with van der Waals surface area (Å²) in [5.74, 6) is 3.45. The van der Waals surface area contributed by atoms with Crippen molar-refractivity contribution < 1.29 is 4.52 Å². The second kappa shape index (κ2) is 7.23. The molecule has 1 saturated heterocycles. The van der Waals surface area contributed by atoms with Gasteiger partial charge in [0.15, 0.2) is 5.82 Å². The normalized spacial score (nSPS) is 16.1. The smallest absolute Gasteiger partial charge is 0.240 e. The molecule has 2 N–H and O–H groups in total. The van der Waals surface area contributed by atoms with Gasteiger partial charge >= 0.3 is 0 Å². The van der Waals surface area contributed by atoms with E-state index in [1.54, 1.807) is 0 Å². The van der Waals surface area contributed by atoms with Crippen molar-refractivity contribution >= 4 is 5.82 Å². The Morgan fingerprint density at radius 3 is 2.54 bits per heavy atom. The lowest BCUT2D eigenvalue weighted by molar-refractivity contribution is 0.239. The molecule has 0 bridgehead atoms. The van der Waals surface area contributed by atoms with Crippen molar-refractivity contribution in [1.29, 1.82) is 0 Å². The molecule has 3 rings (SSSR count). The van der Waals surface area contributed by atoms with Gasteiger partial charge in [-0.25, -0.2) is 9.97 Å². The molecule has 3 heterocycles. The molecule has 0 unspecified atom stereocenters. The summed E-state index contributed by atoms with van der Waals surface area (Å²) < 4.78 is 5.05. The van der Waals surface area contributed by atoms with Gasteiger partial charge in [0.25, 0.3) is 0 Å². The Hall–Kier alpha value is -2.06. The van der Waals surface area contributed by atoms with Gasteiger partial charge in [0.1, 0.15) is 11.6 Å². The quantitative estimate of drug-likeness (QED) is 0.869. The van der Waals surface area contributed by atoms with Crippen LogP contribution in [0.1, 0.15) is 43.0 Å². The monoisotopic (exact) mass is 331 g/mol. The van der Waals surface area contributed by atoms with E-state index in [9.17, 15) is 0 Å². The summed E-state index contributed by atoms with van der Waals surface area (Å²) in [7, 11) is 0. The molecule has 1 fully saturated rings. The minimum Gasteiger partial charge on any atom is -0.354 e. The van der Waals surface area contributed by atoms with Gasteiger partial charge in [0, 0.05) is 43.9 Å². The predicted octanol–water partition coefficient (Wildman–Crippen LogP) is 1.07. The number of piperazine rings is 1. The summed E-state index contributed by atoms with van der Waals surface area (Å²) in [4.78, 5) is 18.1. The fourth-order valence-corrected chi connectivity index (χ4v) is 2.77. The third-order valence-electron chi connectivity index (χ3n) is 4.12. The summed E-state index contributed by atoms with van der Waals surface area (Å²) in [6, 6.07) is 2.06. The van der Waals surface area contributed by atoms with E-state index in [1.807, 2.05) is 6.92 Å². The van der Waals surface area contributed by atoms with Crippen LogP contribution in [0.5, 0.6) is 0 Å². The minimum atomic E-state index is 0.284. The number of nitrogens with zero attached hydrogens (tertiary/aromatic N) is 6. The Kier molecular flexibility index (Phi) is 5.06. The van der Waals surface area contributed by atoms with E-state index in [0.717, 1.165) is 43.5 Å². The zero-order chi connectivity index (χ0) is 17.1. The maximum atomic E-state index is 5.50. The molecule has 2 aromatic rings. The van der Waals surface area contributed by atoms with Crippen LogP contribution < -0.4 is 10.6 Å². The lowest BCUT2D eigenvalue weighted by Gasteiger charge is -2.35. The van der Waals surface area contributed by atoms with E-state index >= 15 is 0 Å². The highest BCUT2D eigenvalue weighted by atomic mass is 16.5. The second-order valence-corrected chi connectivity index (χ2v) is 6.45. The molecule has 0 spiro atoms. The average molecular weight is 331 g/mol. The Morgan fingerprint density at radius 2 is 1.92 bits per heavy atom. The van der Waals surface area contributed by atoms with E-state index in [4.69, 9.17) is 15.2 Å². The Labute approximate surface area is 142 Å². The molecule has 1 aliphatic rings. The van der Waals surface area contributed by atoms with Crippen molar-refractivity contribution in [2.75, 3.05) is 31.1 Å². The largest absolute Gasteiger partial charge is 0.354 e. The molecule has 0 aromatic carbocycles. The zero-order valence-corrected chi connectivity index (χ0v) is 14.6. The summed E-state index contributed by atoms with van der Waals surface area (Å²) in [5.41, 5.74) is 6.52. The second-order valence-electron chi connectivity index (χ2n) is 6.45. The van der Waals surface area contributed by atoms with Gasteiger partial charge in [-0.1, -0.05) is 19.0 Å². The van der Waals surface area contributed by atoms with Crippen LogP contribution in [0.25, 0.3) is 0 Å². The van der Waals surface area contributed by atoms with E-state index in [-0.39, 0.29) is 6.54 Å². The van der Waals surface area contributed by atoms with Gasteiger partial charge in [0.2, 0.25) is 5.89 Å². The van der Waals surface area contributed by atoms with Crippen LogP contribution in [0.3, 0.4) is 0 Å². The van der Waals surface area contributed by atoms with Gasteiger partial charge < -0.3 is 15.2 Å². The third kappa shape index (κ3) is 3.88. The molecule has 0 saturated carbocycles. The Balaban J connectivity index is 1.60. The van der Waals surface area contributed by atoms with Gasteiger partial charge in [-0.2, -0.15) is 4.98 Å². The summed E-state index contributed by atoms with van der Waals surface area (Å²) >= 11 is 0. The standard InChI is InChI=1S/C16H25N7O/c1-11(2)16-18-12(3)8-14(20-16)23-6-4-22(5-7-23)10-13-19-15(9-17)24-21-13/h8,11H,4-7,9-10,17H2,1-3H3. The molecule has 1 aliphatic heterocycles. The van der Waals surface area contributed by atoms with Crippen LogP contribution in [0.2, 0.25) is 0 Å². The highest BCUT2D eigenvalue weighted by molar-refractivity contribution is 5.40. The lowest BCUT2D eigenvalue weighted by Crippen LogP contribution is -2.46. The lowest BCUT2D eigenvalue weighted by atomic mass is 10.2. The number of nitrogens with two attached hydrogens (primary N) is 1. The number of aromatic nitrogens is 4. The fraction of sp³-hybridized carbons (Fsp3) is 0.625. The minimum absolute atomic E-state index is 0.284. The number of anilines is 1. The maximum Gasteiger partial charge on any atom is 0.240 e. The first-order valence-corrected chi connectivity index (χ1v) is 8.39. The van der Waals surface area contributed by atoms with Crippen molar-refractivity contribution in [3.05, 3.63) is 29.3 Å². The van der Waals surface area contributed by atoms with E-state index in [2.05, 4.69) is 44.8 Å². The molecule has 8 heteroatoms. The van der Waals surface area contributed by atoms with Crippen LogP contribution in [0.15, 0.2) is 10.6 Å². The highest BCUT2D eigenvalue weighted by Gasteiger charge is 2.21. The van der Waals surface area contributed by atoms with E-state index < -0.39 is 0 Å². The number of hydrogen-bond acceptors (Lipinski definition) is 8. The van der Waals surface area contributed by atoms with Crippen molar-refractivity contribution in [3.8, 4) is 0 Å². The van der Waals surface area contributed by atoms with Crippen LogP contribution in [-0.2, 0) is 13.1 Å². The SMILES string of the molecule is Cc1cc(N2CCN(Cc3noc(CN)n3)CC2)nc(C(C)C)n1. The first-order chi connectivity index (χ1) is 11.5. The average Bonchev–Trinajstić information content (AvgIpc) is 3.02. The van der Waals surface area contributed by atoms with E-state index in [0.29, 0.717) is 24.2 Å². The van der Waals surface area contributed by atoms with Crippen LogP contribution in [-0.4, -0.2) is 51.2 Å². The molecular weight excluding hydrogens is 306 g/mol. The van der Waals surface area contributed by atoms with E-state index in [1.165, 1.54) is 0 Å². The third-order valence-corrected chi connectivity index (χ3v) is 4.12. The molecule has 0 radical (unpaired) electrons. The van der Waals surface area contributed by atoms with Gasteiger partial charge in [0.05, 0.1) is 13.1 Å². The fourth-order valence-electron chi connectivity index (χ4n) is 2.77. The predicted molar refractivity (Wildman–Crippen MR) is 90.5 cm³/mol. The molecule has 130 valence electrons. The summed E-state index contributed by atoms with van der Waals surface area (Å²) in [5, 5.41) is 3.96. The Morgan fingerprint density at radius 1 is 1.17 bits per heavy atom. The highest BCUT2D eigenvalue weighted by Crippen LogP contribution is 2.19. The first kappa shape index (κ1) is 16.8. The van der Waals surface area contributed by atoms with Crippen molar-refractivity contribution in [2.24, 2.45) is 5.73 Å². The molecule has 8 nitrogen and oxygen atoms in total. The van der Waals surface area contributed by atoms with Gasteiger partial charge in [-0.15, -0.1) is 0 Å². The summed E-state index contributed by atoms with van der Waals surface area (Å²) in [6.45, 7) is 11.0. The molecule has 2 aromatic heterocycles. The molecule has 24 heavy (non-hydrogen) atoms. The topological polar surface area (TPSA) is 97.2 Å². The first-order valence-electron chi connectivity index (χ1n) is 8.39. The number of aryl methyl sites for hydroxylation is 1. The van der Waals surface area contributed by atoms with Crippen molar-refractivity contribution in [3.63, 3.8) is 0 Å². The van der Waals surface area contributed by atoms with Gasteiger partial charge in [-0.3, -0.25) is 4.90 Å². The number of hydrogen-bond donors (Lipinski definition) is 1. The van der Waals surface area contributed by atoms with Crippen LogP contribution >= 0.6 is 0 Å². The molecule has 0 amide bonds. The number of rotatable bonds is 5. The van der Waals surface area contributed by atoms with Crippen molar-refractivity contribution in [1.82, 2.24) is 25.0 Å².